The van der Waals surface area contributed by atoms with Gasteiger partial charge in [0.05, 0.1) is 6.61 Å². The van der Waals surface area contributed by atoms with Gasteiger partial charge in [0, 0.05) is 24.2 Å². The number of aromatic nitrogens is 2. The van der Waals surface area contributed by atoms with Crippen LogP contribution in [0.5, 0.6) is 5.88 Å². The molecule has 5 atom stereocenters. The summed E-state index contributed by atoms with van der Waals surface area (Å²) >= 11 is 0. The molecule has 1 aliphatic carbocycles. The Kier molecular flexibility index (Phi) is 6.32. The first kappa shape index (κ1) is 22.2. The van der Waals surface area contributed by atoms with Crippen molar-refractivity contribution in [3.8, 4) is 5.88 Å². The molecule has 2 heterocycles. The average molecular weight is 436 g/mol. The van der Waals surface area contributed by atoms with Crippen molar-refractivity contribution in [3.63, 3.8) is 0 Å². The second kappa shape index (κ2) is 8.84. The lowest BCUT2D eigenvalue weighted by atomic mass is 9.99. The molecule has 1 aromatic carbocycles. The van der Waals surface area contributed by atoms with Crippen LogP contribution in [0.2, 0.25) is 0 Å². The first-order valence-corrected chi connectivity index (χ1v) is 10.6. The third-order valence-corrected chi connectivity index (χ3v) is 6.12. The van der Waals surface area contributed by atoms with Crippen molar-refractivity contribution >= 4 is 0 Å². The third kappa shape index (κ3) is 4.61. The Bertz CT molecular complexity index is 929. The molecule has 31 heavy (non-hydrogen) atoms. The quantitative estimate of drug-likeness (QED) is 0.508. The number of hydrogen-bond donors (Lipinski definition) is 4. The van der Waals surface area contributed by atoms with Crippen LogP contribution in [0.3, 0.4) is 0 Å². The van der Waals surface area contributed by atoms with Crippen LogP contribution in [-0.4, -0.2) is 67.5 Å². The van der Waals surface area contributed by atoms with E-state index in [0.29, 0.717) is 17.9 Å². The highest BCUT2D eigenvalue weighted by molar-refractivity contribution is 5.37. The van der Waals surface area contributed by atoms with E-state index < -0.39 is 37.3 Å². The molecular formula is C22H29FN2O6. The molecule has 1 saturated heterocycles. The van der Waals surface area contributed by atoms with E-state index in [1.807, 2.05) is 17.7 Å². The molecule has 0 bridgehead atoms. The highest BCUT2D eigenvalue weighted by atomic mass is 19.1. The van der Waals surface area contributed by atoms with E-state index in [1.165, 1.54) is 6.07 Å². The molecule has 0 spiro atoms. The van der Waals surface area contributed by atoms with Crippen molar-refractivity contribution in [2.75, 3.05) is 6.61 Å². The molecule has 1 unspecified atom stereocenters. The van der Waals surface area contributed by atoms with Gasteiger partial charge in [-0.15, -0.1) is 5.10 Å². The Morgan fingerprint density at radius 1 is 1.16 bits per heavy atom. The minimum absolute atomic E-state index is 0.212. The van der Waals surface area contributed by atoms with Gasteiger partial charge in [0.15, 0.2) is 0 Å². The van der Waals surface area contributed by atoms with Crippen molar-refractivity contribution in [3.05, 3.63) is 46.4 Å². The second-order valence-corrected chi connectivity index (χ2v) is 8.57. The van der Waals surface area contributed by atoms with Crippen LogP contribution in [0, 0.1) is 25.6 Å². The molecule has 1 aromatic heterocycles. The molecule has 1 aliphatic heterocycles. The van der Waals surface area contributed by atoms with Crippen LogP contribution in [0.25, 0.3) is 0 Å². The van der Waals surface area contributed by atoms with Crippen LogP contribution in [0.1, 0.15) is 35.2 Å². The van der Waals surface area contributed by atoms with E-state index in [9.17, 15) is 24.8 Å². The summed E-state index contributed by atoms with van der Waals surface area (Å²) in [6, 6.07) is 5.03. The number of halogens is 1. The Morgan fingerprint density at radius 2 is 1.90 bits per heavy atom. The van der Waals surface area contributed by atoms with Gasteiger partial charge in [0.25, 0.3) is 0 Å². The first-order valence-electron chi connectivity index (χ1n) is 10.6. The molecule has 0 radical (unpaired) electrons. The van der Waals surface area contributed by atoms with E-state index in [-0.39, 0.29) is 11.7 Å². The Morgan fingerprint density at radius 3 is 2.55 bits per heavy atom. The predicted molar refractivity (Wildman–Crippen MR) is 108 cm³/mol. The van der Waals surface area contributed by atoms with Gasteiger partial charge in [-0.05, 0) is 49.8 Å². The van der Waals surface area contributed by atoms with Crippen molar-refractivity contribution in [2.45, 2.75) is 70.4 Å². The van der Waals surface area contributed by atoms with Gasteiger partial charge in [-0.2, -0.15) is 0 Å². The van der Waals surface area contributed by atoms with E-state index >= 15 is 0 Å². The van der Waals surface area contributed by atoms with Gasteiger partial charge in [-0.25, -0.2) is 4.39 Å². The Balaban J connectivity index is 1.63. The molecule has 4 N–H and O–H groups in total. The number of nitrogens with zero attached hydrogens (tertiary/aromatic N) is 2. The van der Waals surface area contributed by atoms with Crippen molar-refractivity contribution in [2.24, 2.45) is 5.92 Å². The summed E-state index contributed by atoms with van der Waals surface area (Å²) in [5.74, 6) is 0.476. The molecule has 2 aromatic rings. The highest BCUT2D eigenvalue weighted by Crippen LogP contribution is 2.34. The zero-order valence-corrected chi connectivity index (χ0v) is 17.6. The van der Waals surface area contributed by atoms with Gasteiger partial charge >= 0.3 is 0 Å². The molecule has 2 fully saturated rings. The summed E-state index contributed by atoms with van der Waals surface area (Å²) in [5.41, 5.74) is 2.90. The summed E-state index contributed by atoms with van der Waals surface area (Å²) < 4.78 is 27.3. The summed E-state index contributed by atoms with van der Waals surface area (Å²) in [6.07, 6.45) is -4.30. The maximum Gasteiger partial charge on any atom is 0.239 e. The van der Waals surface area contributed by atoms with E-state index in [1.54, 1.807) is 13.0 Å². The number of hydrogen-bond acceptors (Lipinski definition) is 7. The van der Waals surface area contributed by atoms with E-state index in [4.69, 9.17) is 9.47 Å². The van der Waals surface area contributed by atoms with Crippen molar-refractivity contribution in [1.29, 1.82) is 0 Å². The number of ether oxygens (including phenoxy) is 2. The lowest BCUT2D eigenvalue weighted by molar-refractivity contribution is -0.278. The molecule has 9 heteroatoms. The number of aryl methyl sites for hydroxylation is 1. The SMILES string of the molecule is Cc1ccc(Cc2c(O[C@@H]3O[C@H](CO)[C@@H](O)C(O)[C@H]3O)nn(CC3CC3)c2C)cc1F. The Labute approximate surface area is 179 Å². The third-order valence-electron chi connectivity index (χ3n) is 6.12. The fourth-order valence-electron chi connectivity index (χ4n) is 3.80. The van der Waals surface area contributed by atoms with Crippen LogP contribution in [-0.2, 0) is 17.7 Å². The predicted octanol–water partition coefficient (Wildman–Crippen LogP) is 0.819. The molecule has 0 amide bonds. The minimum Gasteiger partial charge on any atom is -0.443 e. The standard InChI is InChI=1S/C22H29FN2O6/c1-11-3-4-14(8-16(11)23)7-15-12(2)25(9-13-5-6-13)24-21(15)31-22-20(29)19(28)18(27)17(10-26)30-22/h3-4,8,13,17-20,22,26-29H,5-7,9-10H2,1-2H3/t17-,18-,19?,20-,22+/m1/s1. The summed E-state index contributed by atoms with van der Waals surface area (Å²) in [6.45, 7) is 3.80. The van der Waals surface area contributed by atoms with Gasteiger partial charge in [0.1, 0.15) is 30.2 Å². The normalized spacial score (nSPS) is 28.7. The van der Waals surface area contributed by atoms with E-state index in [2.05, 4.69) is 5.10 Å². The topological polar surface area (TPSA) is 117 Å². The van der Waals surface area contributed by atoms with Crippen LogP contribution >= 0.6 is 0 Å². The van der Waals surface area contributed by atoms with Gasteiger partial charge in [-0.3, -0.25) is 4.68 Å². The maximum atomic E-state index is 14.1. The summed E-state index contributed by atoms with van der Waals surface area (Å²) in [5, 5.41) is 44.3. The summed E-state index contributed by atoms with van der Waals surface area (Å²) in [7, 11) is 0. The maximum absolute atomic E-state index is 14.1. The molecule has 2 aliphatic rings. The van der Waals surface area contributed by atoms with Crippen LogP contribution in [0.15, 0.2) is 18.2 Å². The monoisotopic (exact) mass is 436 g/mol. The molecule has 170 valence electrons. The number of aliphatic hydroxyl groups is 4. The largest absolute Gasteiger partial charge is 0.443 e. The molecule has 1 saturated carbocycles. The fraction of sp³-hybridized carbons (Fsp3) is 0.591. The van der Waals surface area contributed by atoms with Crippen LogP contribution in [0.4, 0.5) is 4.39 Å². The zero-order chi connectivity index (χ0) is 22.3. The molecule has 4 rings (SSSR count). The minimum atomic E-state index is -1.54. The van der Waals surface area contributed by atoms with Crippen LogP contribution < -0.4 is 4.74 Å². The second-order valence-electron chi connectivity index (χ2n) is 8.57. The van der Waals surface area contributed by atoms with Gasteiger partial charge in [-0.1, -0.05) is 12.1 Å². The lowest BCUT2D eigenvalue weighted by Crippen LogP contribution is -2.60. The molecular weight excluding hydrogens is 407 g/mol. The fourth-order valence-corrected chi connectivity index (χ4v) is 3.80. The first-order chi connectivity index (χ1) is 14.8. The van der Waals surface area contributed by atoms with Gasteiger partial charge in [0.2, 0.25) is 12.2 Å². The zero-order valence-electron chi connectivity index (χ0n) is 17.6. The molecule has 8 nitrogen and oxygen atoms in total. The highest BCUT2D eigenvalue weighted by Gasteiger charge is 2.45. The average Bonchev–Trinajstić information content (AvgIpc) is 3.52. The number of benzene rings is 1. The summed E-state index contributed by atoms with van der Waals surface area (Å²) in [4.78, 5) is 0. The van der Waals surface area contributed by atoms with Gasteiger partial charge < -0.3 is 29.9 Å². The smallest absolute Gasteiger partial charge is 0.239 e. The Hall–Kier alpha value is -2.04. The van der Waals surface area contributed by atoms with Crippen molar-refractivity contribution < 1.29 is 34.3 Å². The van der Waals surface area contributed by atoms with Crippen molar-refractivity contribution in [1.82, 2.24) is 9.78 Å². The lowest BCUT2D eigenvalue weighted by Gasteiger charge is -2.39. The van der Waals surface area contributed by atoms with E-state index in [0.717, 1.165) is 36.2 Å². The number of rotatable bonds is 7. The number of aliphatic hydroxyl groups excluding tert-OH is 4.